The average Bonchev–Trinajstić information content (AvgIpc) is 3.19. The lowest BCUT2D eigenvalue weighted by atomic mass is 10.2. The molecule has 1 amide bonds. The number of carbonyl (C=O) groups is 1. The van der Waals surface area contributed by atoms with Gasteiger partial charge in [0.2, 0.25) is 5.91 Å². The molecule has 1 heterocycles. The molecule has 6 nitrogen and oxygen atoms in total. The van der Waals surface area contributed by atoms with Gasteiger partial charge < -0.3 is 10.1 Å². The number of ether oxygens (including phenoxy) is 1. The summed E-state index contributed by atoms with van der Waals surface area (Å²) >= 11 is 7.30. The SMILES string of the molecule is C=CCOc1ccc(/C=N\NC(=O)Cc2csc(Nc3cccc(C(F)(F)F)c3)n2)cc1Cl. The summed E-state index contributed by atoms with van der Waals surface area (Å²) in [4.78, 5) is 16.3. The number of hydrazone groups is 1. The Labute approximate surface area is 196 Å². The maximum atomic E-state index is 12.8. The Morgan fingerprint density at radius 2 is 2.09 bits per heavy atom. The van der Waals surface area contributed by atoms with E-state index in [1.807, 2.05) is 0 Å². The number of amides is 1. The molecule has 3 rings (SSSR count). The van der Waals surface area contributed by atoms with Gasteiger partial charge in [-0.3, -0.25) is 4.79 Å². The van der Waals surface area contributed by atoms with Crippen LogP contribution in [0.2, 0.25) is 5.02 Å². The van der Waals surface area contributed by atoms with E-state index in [1.165, 1.54) is 29.7 Å². The van der Waals surface area contributed by atoms with Gasteiger partial charge in [0.1, 0.15) is 12.4 Å². The first kappa shape index (κ1) is 24.3. The lowest BCUT2D eigenvalue weighted by Crippen LogP contribution is -2.19. The first-order chi connectivity index (χ1) is 15.7. The molecular weight excluding hydrogens is 477 g/mol. The molecule has 0 aliphatic rings. The van der Waals surface area contributed by atoms with Crippen molar-refractivity contribution in [3.05, 3.63) is 82.3 Å². The molecule has 0 aliphatic carbocycles. The van der Waals surface area contributed by atoms with Gasteiger partial charge in [0.25, 0.3) is 0 Å². The summed E-state index contributed by atoms with van der Waals surface area (Å²) in [5.74, 6) is 0.107. The zero-order chi connectivity index (χ0) is 23.8. The maximum absolute atomic E-state index is 12.8. The molecule has 0 atom stereocenters. The summed E-state index contributed by atoms with van der Waals surface area (Å²) in [5.41, 5.74) is 2.99. The van der Waals surface area contributed by atoms with Crippen molar-refractivity contribution in [2.45, 2.75) is 12.6 Å². The minimum atomic E-state index is -4.43. The number of hydrogen-bond donors (Lipinski definition) is 2. The Bertz CT molecular complexity index is 1160. The van der Waals surface area contributed by atoms with Crippen molar-refractivity contribution in [3.8, 4) is 5.75 Å². The predicted molar refractivity (Wildman–Crippen MR) is 123 cm³/mol. The molecule has 0 bridgehead atoms. The van der Waals surface area contributed by atoms with E-state index in [-0.39, 0.29) is 12.1 Å². The normalized spacial score (nSPS) is 11.4. The molecule has 0 spiro atoms. The first-order valence-electron chi connectivity index (χ1n) is 9.48. The fraction of sp³-hybridized carbons (Fsp3) is 0.136. The molecule has 11 heteroatoms. The van der Waals surface area contributed by atoms with Crippen molar-refractivity contribution in [2.75, 3.05) is 11.9 Å². The maximum Gasteiger partial charge on any atom is 0.416 e. The van der Waals surface area contributed by atoms with Crippen LogP contribution in [-0.4, -0.2) is 23.7 Å². The quantitative estimate of drug-likeness (QED) is 0.223. The number of rotatable bonds is 9. The molecular formula is C22H18ClF3N4O2S. The standard InChI is InChI=1S/C22H18ClF3N4O2S/c1-2-8-32-19-7-6-14(9-18(19)23)12-27-30-20(31)11-17-13-33-21(29-17)28-16-5-3-4-15(10-16)22(24,25)26/h2-7,9-10,12-13H,1,8,11H2,(H,28,29)(H,30,31)/b27-12-. The van der Waals surface area contributed by atoms with E-state index in [1.54, 1.807) is 29.7 Å². The number of carbonyl (C=O) groups excluding carboxylic acids is 1. The minimum absolute atomic E-state index is 0.0484. The Morgan fingerprint density at radius 1 is 1.27 bits per heavy atom. The highest BCUT2D eigenvalue weighted by atomic mass is 35.5. The third-order valence-electron chi connectivity index (χ3n) is 4.05. The molecule has 0 saturated carbocycles. The molecule has 3 aromatic rings. The monoisotopic (exact) mass is 494 g/mol. The van der Waals surface area contributed by atoms with E-state index in [0.717, 1.165) is 12.1 Å². The third-order valence-corrected chi connectivity index (χ3v) is 5.15. The average molecular weight is 495 g/mol. The van der Waals surface area contributed by atoms with Crippen molar-refractivity contribution in [1.82, 2.24) is 10.4 Å². The van der Waals surface area contributed by atoms with E-state index >= 15 is 0 Å². The topological polar surface area (TPSA) is 75.6 Å². The van der Waals surface area contributed by atoms with Crippen molar-refractivity contribution < 1.29 is 22.7 Å². The van der Waals surface area contributed by atoms with E-state index in [9.17, 15) is 18.0 Å². The molecule has 172 valence electrons. The van der Waals surface area contributed by atoms with Crippen LogP contribution in [0.5, 0.6) is 5.75 Å². The molecule has 1 aromatic heterocycles. The second kappa shape index (κ2) is 11.0. The highest BCUT2D eigenvalue weighted by Crippen LogP contribution is 2.32. The summed E-state index contributed by atoms with van der Waals surface area (Å²) in [6.45, 7) is 3.90. The van der Waals surface area contributed by atoms with E-state index < -0.39 is 17.6 Å². The number of anilines is 2. The summed E-state index contributed by atoms with van der Waals surface area (Å²) in [5, 5.41) is 9.11. The van der Waals surface area contributed by atoms with E-state index in [4.69, 9.17) is 16.3 Å². The molecule has 0 aliphatic heterocycles. The van der Waals surface area contributed by atoms with Gasteiger partial charge in [-0.05, 0) is 42.0 Å². The van der Waals surface area contributed by atoms with Crippen LogP contribution in [0, 0.1) is 0 Å². The van der Waals surface area contributed by atoms with E-state index in [2.05, 4.69) is 27.4 Å². The van der Waals surface area contributed by atoms with Gasteiger partial charge in [0, 0.05) is 11.1 Å². The summed E-state index contributed by atoms with van der Waals surface area (Å²) in [6.07, 6.45) is -1.44. The lowest BCUT2D eigenvalue weighted by molar-refractivity contribution is -0.137. The Morgan fingerprint density at radius 3 is 2.82 bits per heavy atom. The number of thiazole rings is 1. The molecule has 2 N–H and O–H groups in total. The molecule has 2 aromatic carbocycles. The van der Waals surface area contributed by atoms with Crippen molar-refractivity contribution in [2.24, 2.45) is 5.10 Å². The number of nitrogens with one attached hydrogen (secondary N) is 2. The fourth-order valence-corrected chi connectivity index (χ4v) is 3.56. The smallest absolute Gasteiger partial charge is 0.416 e. The van der Waals surface area contributed by atoms with Crippen LogP contribution < -0.4 is 15.5 Å². The molecule has 33 heavy (non-hydrogen) atoms. The Kier molecular flexibility index (Phi) is 8.07. The van der Waals surface area contributed by atoms with Gasteiger partial charge in [-0.25, -0.2) is 10.4 Å². The summed E-state index contributed by atoms with van der Waals surface area (Å²) in [7, 11) is 0. The number of aromatic nitrogens is 1. The number of benzene rings is 2. The fourth-order valence-electron chi connectivity index (χ4n) is 2.59. The number of nitrogens with zero attached hydrogens (tertiary/aromatic N) is 2. The molecule has 0 radical (unpaired) electrons. The van der Waals surface area contributed by atoms with Crippen LogP contribution in [-0.2, 0) is 17.4 Å². The van der Waals surface area contributed by atoms with Crippen molar-refractivity contribution >= 4 is 45.9 Å². The zero-order valence-corrected chi connectivity index (χ0v) is 18.6. The van der Waals surface area contributed by atoms with Gasteiger partial charge in [-0.1, -0.05) is 30.3 Å². The van der Waals surface area contributed by atoms with Crippen LogP contribution in [0.4, 0.5) is 24.0 Å². The van der Waals surface area contributed by atoms with Crippen molar-refractivity contribution in [3.63, 3.8) is 0 Å². The molecule has 0 saturated heterocycles. The Balaban J connectivity index is 1.53. The summed E-state index contributed by atoms with van der Waals surface area (Å²) in [6, 6.07) is 9.84. The van der Waals surface area contributed by atoms with Gasteiger partial charge in [-0.15, -0.1) is 11.3 Å². The van der Waals surface area contributed by atoms with Gasteiger partial charge in [0.15, 0.2) is 5.13 Å². The van der Waals surface area contributed by atoms with Gasteiger partial charge >= 0.3 is 6.18 Å². The largest absolute Gasteiger partial charge is 0.488 e. The number of halogens is 4. The predicted octanol–water partition coefficient (Wildman–Crippen LogP) is 5.82. The highest BCUT2D eigenvalue weighted by molar-refractivity contribution is 7.13. The number of hydrogen-bond acceptors (Lipinski definition) is 6. The van der Waals surface area contributed by atoms with E-state index in [0.29, 0.717) is 33.8 Å². The Hall–Kier alpha value is -3.37. The van der Waals surface area contributed by atoms with Crippen LogP contribution in [0.1, 0.15) is 16.8 Å². The van der Waals surface area contributed by atoms with Crippen molar-refractivity contribution in [1.29, 1.82) is 0 Å². The second-order valence-corrected chi connectivity index (χ2v) is 7.87. The molecule has 0 unspecified atom stereocenters. The van der Waals surface area contributed by atoms with Gasteiger partial charge in [-0.2, -0.15) is 18.3 Å². The highest BCUT2D eigenvalue weighted by Gasteiger charge is 2.30. The van der Waals surface area contributed by atoms with Crippen LogP contribution in [0.25, 0.3) is 0 Å². The van der Waals surface area contributed by atoms with Crippen LogP contribution >= 0.6 is 22.9 Å². The van der Waals surface area contributed by atoms with Gasteiger partial charge in [0.05, 0.1) is 28.9 Å². The lowest BCUT2D eigenvalue weighted by Gasteiger charge is -2.08. The number of alkyl halides is 3. The van der Waals surface area contributed by atoms with Crippen LogP contribution in [0.15, 0.2) is 65.6 Å². The zero-order valence-electron chi connectivity index (χ0n) is 17.0. The van der Waals surface area contributed by atoms with Crippen LogP contribution in [0.3, 0.4) is 0 Å². The second-order valence-electron chi connectivity index (χ2n) is 6.61. The minimum Gasteiger partial charge on any atom is -0.488 e. The third kappa shape index (κ3) is 7.33. The first-order valence-corrected chi connectivity index (χ1v) is 10.7. The summed E-state index contributed by atoms with van der Waals surface area (Å²) < 4.78 is 43.9. The molecule has 0 fully saturated rings.